The van der Waals surface area contributed by atoms with Gasteiger partial charge in [-0.15, -0.1) is 0 Å². The van der Waals surface area contributed by atoms with Gasteiger partial charge in [-0.3, -0.25) is 0 Å². The first-order chi connectivity index (χ1) is 9.93. The third kappa shape index (κ3) is 3.15. The Morgan fingerprint density at radius 2 is 2.05 bits per heavy atom. The highest BCUT2D eigenvalue weighted by Gasteiger charge is 2.13. The molecular formula is C15H21N5. The zero-order chi connectivity index (χ0) is 13.6. The van der Waals surface area contributed by atoms with Gasteiger partial charge in [-0.05, 0) is 30.9 Å². The van der Waals surface area contributed by atoms with E-state index in [1.807, 2.05) is 6.07 Å². The first-order valence-electron chi connectivity index (χ1n) is 7.47. The van der Waals surface area contributed by atoms with Crippen molar-refractivity contribution in [3.05, 3.63) is 31.0 Å². The molecule has 106 valence electrons. The number of hydrogen-bond donors (Lipinski definition) is 1. The van der Waals surface area contributed by atoms with Crippen molar-refractivity contribution >= 4 is 5.69 Å². The van der Waals surface area contributed by atoms with E-state index >= 15 is 0 Å². The fraction of sp³-hybridized carbons (Fsp3) is 0.533. The van der Waals surface area contributed by atoms with Gasteiger partial charge in [-0.1, -0.05) is 25.7 Å². The van der Waals surface area contributed by atoms with Crippen LogP contribution in [0.5, 0.6) is 0 Å². The normalized spacial score (nSPS) is 16.8. The molecule has 20 heavy (non-hydrogen) atoms. The van der Waals surface area contributed by atoms with Crippen molar-refractivity contribution < 1.29 is 0 Å². The molecule has 5 nitrogen and oxygen atoms in total. The zero-order valence-electron chi connectivity index (χ0n) is 11.7. The van der Waals surface area contributed by atoms with E-state index in [0.717, 1.165) is 24.0 Å². The van der Waals surface area contributed by atoms with Crippen molar-refractivity contribution in [3.8, 4) is 5.82 Å². The van der Waals surface area contributed by atoms with Crippen LogP contribution in [0.3, 0.4) is 0 Å². The van der Waals surface area contributed by atoms with E-state index < -0.39 is 0 Å². The van der Waals surface area contributed by atoms with Gasteiger partial charge in [0, 0.05) is 12.7 Å². The molecule has 0 radical (unpaired) electrons. The van der Waals surface area contributed by atoms with Crippen molar-refractivity contribution in [3.63, 3.8) is 0 Å². The van der Waals surface area contributed by atoms with E-state index in [4.69, 9.17) is 0 Å². The number of anilines is 1. The molecule has 1 aliphatic carbocycles. The molecule has 0 bridgehead atoms. The summed E-state index contributed by atoms with van der Waals surface area (Å²) >= 11 is 0. The maximum Gasteiger partial charge on any atom is 0.178 e. The van der Waals surface area contributed by atoms with Gasteiger partial charge in [0.05, 0.1) is 5.69 Å². The van der Waals surface area contributed by atoms with Gasteiger partial charge >= 0.3 is 0 Å². The summed E-state index contributed by atoms with van der Waals surface area (Å²) < 4.78 is 1.70. The minimum absolute atomic E-state index is 0.779. The van der Waals surface area contributed by atoms with Crippen molar-refractivity contribution in [1.82, 2.24) is 19.7 Å². The second kappa shape index (κ2) is 6.50. The molecule has 2 heterocycles. The number of pyridine rings is 1. The second-order valence-corrected chi connectivity index (χ2v) is 5.45. The summed E-state index contributed by atoms with van der Waals surface area (Å²) in [5.41, 5.74) is 1.03. The molecule has 0 aliphatic heterocycles. The number of nitrogens with zero attached hydrogens (tertiary/aromatic N) is 4. The molecule has 1 saturated carbocycles. The lowest BCUT2D eigenvalue weighted by atomic mass is 10.0. The summed E-state index contributed by atoms with van der Waals surface area (Å²) in [7, 11) is 0. The van der Waals surface area contributed by atoms with Gasteiger partial charge in [0.1, 0.15) is 12.7 Å². The van der Waals surface area contributed by atoms with Crippen LogP contribution in [-0.4, -0.2) is 26.3 Å². The summed E-state index contributed by atoms with van der Waals surface area (Å²) in [4.78, 5) is 8.39. The maximum atomic E-state index is 4.40. The summed E-state index contributed by atoms with van der Waals surface area (Å²) in [5, 5.41) is 7.71. The Bertz CT molecular complexity index is 515. The van der Waals surface area contributed by atoms with E-state index in [1.54, 1.807) is 17.2 Å². The molecular weight excluding hydrogens is 250 g/mol. The number of aromatic nitrogens is 4. The smallest absolute Gasteiger partial charge is 0.178 e. The van der Waals surface area contributed by atoms with Crippen molar-refractivity contribution in [2.45, 2.75) is 38.5 Å². The highest BCUT2D eigenvalue weighted by molar-refractivity contribution is 5.56. The van der Waals surface area contributed by atoms with Crippen LogP contribution in [-0.2, 0) is 0 Å². The van der Waals surface area contributed by atoms with Crippen molar-refractivity contribution in [2.24, 2.45) is 5.92 Å². The molecule has 1 fully saturated rings. The van der Waals surface area contributed by atoms with E-state index in [9.17, 15) is 0 Å². The van der Waals surface area contributed by atoms with Crippen LogP contribution in [0.2, 0.25) is 0 Å². The third-order valence-electron chi connectivity index (χ3n) is 3.98. The predicted molar refractivity (Wildman–Crippen MR) is 78.8 cm³/mol. The summed E-state index contributed by atoms with van der Waals surface area (Å²) in [5.74, 6) is 1.60. The van der Waals surface area contributed by atoms with Crippen LogP contribution < -0.4 is 5.32 Å². The molecule has 0 aromatic carbocycles. The van der Waals surface area contributed by atoms with Crippen LogP contribution in [0.1, 0.15) is 38.5 Å². The molecule has 1 aliphatic rings. The standard InChI is InChI=1S/C15H21N5/c1-2-4-7-13(6-3-1)10-18-14-8-5-9-17-15(14)20-12-16-11-19-20/h5,8-9,11-13,18H,1-4,6-7,10H2. The largest absolute Gasteiger partial charge is 0.382 e. The first kappa shape index (κ1) is 13.1. The molecule has 5 heteroatoms. The second-order valence-electron chi connectivity index (χ2n) is 5.45. The number of hydrogen-bond acceptors (Lipinski definition) is 4. The predicted octanol–water partition coefficient (Wildman–Crippen LogP) is 3.04. The Balaban J connectivity index is 1.68. The first-order valence-corrected chi connectivity index (χ1v) is 7.47. The molecule has 3 rings (SSSR count). The molecule has 0 amide bonds. The maximum absolute atomic E-state index is 4.40. The molecule has 0 unspecified atom stereocenters. The topological polar surface area (TPSA) is 55.6 Å². The summed E-state index contributed by atoms with van der Waals surface area (Å²) in [6.07, 6.45) is 13.2. The molecule has 0 atom stereocenters. The SMILES string of the molecule is c1cnc(-n2cncn2)c(NCC2CCCCCC2)c1. The van der Waals surface area contributed by atoms with E-state index in [1.165, 1.54) is 44.9 Å². The van der Waals surface area contributed by atoms with Crippen LogP contribution in [0.15, 0.2) is 31.0 Å². The Morgan fingerprint density at radius 1 is 1.20 bits per heavy atom. The van der Waals surface area contributed by atoms with Gasteiger partial charge in [-0.2, -0.15) is 5.10 Å². The molecule has 2 aromatic rings. The minimum Gasteiger partial charge on any atom is -0.382 e. The van der Waals surface area contributed by atoms with E-state index in [-0.39, 0.29) is 0 Å². The highest BCUT2D eigenvalue weighted by atomic mass is 15.3. The summed E-state index contributed by atoms with van der Waals surface area (Å²) in [6.45, 7) is 1.02. The minimum atomic E-state index is 0.779. The monoisotopic (exact) mass is 271 g/mol. The Morgan fingerprint density at radius 3 is 2.80 bits per heavy atom. The van der Waals surface area contributed by atoms with Crippen molar-refractivity contribution in [2.75, 3.05) is 11.9 Å². The van der Waals surface area contributed by atoms with Gasteiger partial charge in [0.15, 0.2) is 5.82 Å². The lowest BCUT2D eigenvalue weighted by molar-refractivity contribution is 0.483. The van der Waals surface area contributed by atoms with Crippen LogP contribution in [0.4, 0.5) is 5.69 Å². The molecule has 0 saturated heterocycles. The van der Waals surface area contributed by atoms with Gasteiger partial charge in [-0.25, -0.2) is 14.6 Å². The zero-order valence-corrected chi connectivity index (χ0v) is 11.7. The highest BCUT2D eigenvalue weighted by Crippen LogP contribution is 2.24. The summed E-state index contributed by atoms with van der Waals surface area (Å²) in [6, 6.07) is 4.01. The Labute approximate surface area is 119 Å². The average Bonchev–Trinajstić information content (AvgIpc) is 2.89. The fourth-order valence-electron chi connectivity index (χ4n) is 2.86. The average molecular weight is 271 g/mol. The van der Waals surface area contributed by atoms with Gasteiger partial charge in [0.2, 0.25) is 0 Å². The number of nitrogens with one attached hydrogen (secondary N) is 1. The quantitative estimate of drug-likeness (QED) is 0.868. The molecule has 0 spiro atoms. The Kier molecular flexibility index (Phi) is 4.25. The van der Waals surface area contributed by atoms with Crippen LogP contribution in [0.25, 0.3) is 5.82 Å². The van der Waals surface area contributed by atoms with Gasteiger partial charge in [0.25, 0.3) is 0 Å². The van der Waals surface area contributed by atoms with E-state index in [0.29, 0.717) is 0 Å². The lowest BCUT2D eigenvalue weighted by Gasteiger charge is -2.17. The van der Waals surface area contributed by atoms with E-state index in [2.05, 4.69) is 26.4 Å². The van der Waals surface area contributed by atoms with Crippen LogP contribution in [0, 0.1) is 5.92 Å². The molecule has 1 N–H and O–H groups in total. The van der Waals surface area contributed by atoms with Crippen molar-refractivity contribution in [1.29, 1.82) is 0 Å². The van der Waals surface area contributed by atoms with Gasteiger partial charge < -0.3 is 5.32 Å². The molecule has 2 aromatic heterocycles. The van der Waals surface area contributed by atoms with Crippen LogP contribution >= 0.6 is 0 Å². The Hall–Kier alpha value is -1.91. The number of rotatable bonds is 4. The third-order valence-corrected chi connectivity index (χ3v) is 3.98. The lowest BCUT2D eigenvalue weighted by Crippen LogP contribution is -2.15. The fourth-order valence-corrected chi connectivity index (χ4v) is 2.86.